The predicted molar refractivity (Wildman–Crippen MR) is 69.3 cm³/mol. The van der Waals surface area contributed by atoms with E-state index in [4.69, 9.17) is 0 Å². The number of nitrogens with zero attached hydrogens (tertiary/aromatic N) is 2. The molecule has 1 aromatic rings. The quantitative estimate of drug-likeness (QED) is 0.798. The number of ether oxygens (including phenoxy) is 1. The van der Waals surface area contributed by atoms with Gasteiger partial charge in [0.05, 0.1) is 23.8 Å². The second-order valence-electron chi connectivity index (χ2n) is 4.07. The Balaban J connectivity index is 2.64. The third kappa shape index (κ3) is 4.73. The average molecular weight is 372 g/mol. The van der Waals surface area contributed by atoms with Gasteiger partial charge >= 0.3 is 12.1 Å². The van der Waals surface area contributed by atoms with E-state index in [1.54, 1.807) is 0 Å². The van der Waals surface area contributed by atoms with Gasteiger partial charge in [0.2, 0.25) is 5.91 Å². The third-order valence-corrected chi connectivity index (χ3v) is 3.56. The second kappa shape index (κ2) is 6.92. The number of aryl methyl sites for hydroxylation is 1. The molecule has 0 bridgehead atoms. The average Bonchev–Trinajstić information content (AvgIpc) is 2.70. The molecule has 0 aliphatic carbocycles. The molecule has 0 spiro atoms. The molecule has 118 valence electrons. The number of carbonyl (C=O) groups excluding carboxylic acids is 2. The molecule has 0 aliphatic heterocycles. The van der Waals surface area contributed by atoms with E-state index in [0.717, 1.165) is 4.68 Å². The van der Waals surface area contributed by atoms with Crippen molar-refractivity contribution in [3.05, 3.63) is 15.9 Å². The topological polar surface area (TPSA) is 73.2 Å². The second-order valence-corrected chi connectivity index (χ2v) is 4.86. The molecule has 0 fully saturated rings. The minimum Gasteiger partial charge on any atom is -0.468 e. The lowest BCUT2D eigenvalue weighted by atomic mass is 10.3. The number of aromatic nitrogens is 2. The fourth-order valence-corrected chi connectivity index (χ4v) is 1.97. The Morgan fingerprint density at radius 1 is 1.43 bits per heavy atom. The third-order valence-electron chi connectivity index (χ3n) is 2.61. The Morgan fingerprint density at radius 2 is 2.05 bits per heavy atom. The van der Waals surface area contributed by atoms with Crippen molar-refractivity contribution in [2.24, 2.45) is 0 Å². The van der Waals surface area contributed by atoms with E-state index in [0.29, 0.717) is 0 Å². The van der Waals surface area contributed by atoms with E-state index >= 15 is 0 Å². The summed E-state index contributed by atoms with van der Waals surface area (Å²) in [6.07, 6.45) is -4.68. The van der Waals surface area contributed by atoms with Gasteiger partial charge in [0.15, 0.2) is 5.69 Å². The Bertz CT molecular complexity index is 543. The van der Waals surface area contributed by atoms with Crippen LogP contribution >= 0.6 is 15.9 Å². The molecule has 1 amide bonds. The molecule has 1 heterocycles. The highest BCUT2D eigenvalue weighted by Crippen LogP contribution is 2.35. The van der Waals surface area contributed by atoms with Crippen LogP contribution in [0, 0.1) is 6.92 Å². The maximum absolute atomic E-state index is 12.7. The molecule has 0 atom stereocenters. The summed E-state index contributed by atoms with van der Waals surface area (Å²) in [5.41, 5.74) is -0.766. The maximum Gasteiger partial charge on any atom is 0.436 e. The first-order valence-electron chi connectivity index (χ1n) is 5.80. The number of carbonyl (C=O) groups is 2. The minimum atomic E-state index is -4.57. The summed E-state index contributed by atoms with van der Waals surface area (Å²) in [6.45, 7) is 1.14. The smallest absolute Gasteiger partial charge is 0.436 e. The van der Waals surface area contributed by atoms with Crippen molar-refractivity contribution in [3.63, 3.8) is 0 Å². The highest BCUT2D eigenvalue weighted by molar-refractivity contribution is 9.10. The summed E-state index contributed by atoms with van der Waals surface area (Å²) in [7, 11) is 1.18. The fourth-order valence-electron chi connectivity index (χ4n) is 1.46. The van der Waals surface area contributed by atoms with Gasteiger partial charge in [-0.3, -0.25) is 14.3 Å². The largest absolute Gasteiger partial charge is 0.468 e. The van der Waals surface area contributed by atoms with E-state index in [9.17, 15) is 22.8 Å². The number of halogens is 4. The molecule has 0 saturated carbocycles. The fraction of sp³-hybridized carbons (Fsp3) is 0.545. The highest BCUT2D eigenvalue weighted by Gasteiger charge is 2.37. The zero-order valence-corrected chi connectivity index (χ0v) is 12.8. The van der Waals surface area contributed by atoms with Crippen molar-refractivity contribution in [3.8, 4) is 0 Å². The zero-order chi connectivity index (χ0) is 16.2. The number of hydrogen-bond donors (Lipinski definition) is 1. The van der Waals surface area contributed by atoms with Gasteiger partial charge in [-0.1, -0.05) is 0 Å². The van der Waals surface area contributed by atoms with Crippen molar-refractivity contribution >= 4 is 27.8 Å². The summed E-state index contributed by atoms with van der Waals surface area (Å²) < 4.78 is 43.2. The van der Waals surface area contributed by atoms with Crippen molar-refractivity contribution < 1.29 is 27.5 Å². The number of methoxy groups -OCH3 is 1. The Kier molecular flexibility index (Phi) is 5.76. The van der Waals surface area contributed by atoms with Crippen LogP contribution in [-0.2, 0) is 27.0 Å². The minimum absolute atomic E-state index is 0.0342. The van der Waals surface area contributed by atoms with Crippen LogP contribution in [0.2, 0.25) is 0 Å². The lowest BCUT2D eigenvalue weighted by Crippen LogP contribution is -2.30. The summed E-state index contributed by atoms with van der Waals surface area (Å²) in [5.74, 6) is -1.10. The van der Waals surface area contributed by atoms with E-state index in [2.05, 4.69) is 31.1 Å². The van der Waals surface area contributed by atoms with Crippen LogP contribution in [0.5, 0.6) is 0 Å². The van der Waals surface area contributed by atoms with Crippen LogP contribution in [0.25, 0.3) is 0 Å². The molecule has 21 heavy (non-hydrogen) atoms. The van der Waals surface area contributed by atoms with E-state index in [-0.39, 0.29) is 29.7 Å². The predicted octanol–water partition coefficient (Wildman–Crippen LogP) is 1.65. The molecular formula is C11H13BrF3N3O3. The monoisotopic (exact) mass is 371 g/mol. The Hall–Kier alpha value is -1.58. The van der Waals surface area contributed by atoms with Crippen molar-refractivity contribution in [1.29, 1.82) is 0 Å². The number of alkyl halides is 3. The molecule has 0 saturated heterocycles. The standard InChI is InChI=1S/C11H13BrF3N3O3/c1-6-9(12)10(11(13,14)15)17-18(6)4-3-7(19)16-5-8(20)21-2/h3-5H2,1-2H3,(H,16,19). The highest BCUT2D eigenvalue weighted by atomic mass is 79.9. The summed E-state index contributed by atoms with van der Waals surface area (Å²) in [4.78, 5) is 22.3. The van der Waals surface area contributed by atoms with Crippen LogP contribution in [0.15, 0.2) is 4.47 Å². The summed E-state index contributed by atoms with van der Waals surface area (Å²) in [5, 5.41) is 5.72. The lowest BCUT2D eigenvalue weighted by Gasteiger charge is -2.05. The van der Waals surface area contributed by atoms with Gasteiger partial charge in [0, 0.05) is 6.42 Å². The van der Waals surface area contributed by atoms with Crippen molar-refractivity contribution in [2.75, 3.05) is 13.7 Å². The maximum atomic E-state index is 12.7. The normalized spacial score (nSPS) is 11.3. The molecule has 1 rings (SSSR count). The SMILES string of the molecule is COC(=O)CNC(=O)CCn1nc(C(F)(F)F)c(Br)c1C. The van der Waals surface area contributed by atoms with Gasteiger partial charge in [-0.2, -0.15) is 18.3 Å². The van der Waals surface area contributed by atoms with Gasteiger partial charge in [0.1, 0.15) is 6.54 Å². The number of esters is 1. The van der Waals surface area contributed by atoms with Crippen LogP contribution in [0.1, 0.15) is 17.8 Å². The Labute approximate surface area is 126 Å². The first kappa shape index (κ1) is 17.5. The molecule has 0 unspecified atom stereocenters. The molecule has 1 aromatic heterocycles. The van der Waals surface area contributed by atoms with Gasteiger partial charge < -0.3 is 10.1 Å². The zero-order valence-electron chi connectivity index (χ0n) is 11.3. The van der Waals surface area contributed by atoms with Gasteiger partial charge in [-0.25, -0.2) is 0 Å². The number of nitrogens with one attached hydrogen (secondary N) is 1. The molecule has 1 N–H and O–H groups in total. The first-order valence-corrected chi connectivity index (χ1v) is 6.59. The van der Waals surface area contributed by atoms with Crippen molar-refractivity contribution in [1.82, 2.24) is 15.1 Å². The van der Waals surface area contributed by atoms with E-state index in [1.165, 1.54) is 14.0 Å². The van der Waals surface area contributed by atoms with Crippen LogP contribution in [0.3, 0.4) is 0 Å². The molecule has 0 aromatic carbocycles. The van der Waals surface area contributed by atoms with Gasteiger partial charge in [-0.05, 0) is 22.9 Å². The van der Waals surface area contributed by atoms with Crippen LogP contribution in [0.4, 0.5) is 13.2 Å². The van der Waals surface area contributed by atoms with Crippen LogP contribution in [-0.4, -0.2) is 35.3 Å². The van der Waals surface area contributed by atoms with E-state index in [1.807, 2.05) is 0 Å². The van der Waals surface area contributed by atoms with Crippen molar-refractivity contribution in [2.45, 2.75) is 26.1 Å². The molecule has 6 nitrogen and oxygen atoms in total. The lowest BCUT2D eigenvalue weighted by molar-refractivity contribution is -0.142. The van der Waals surface area contributed by atoms with Gasteiger partial charge in [0.25, 0.3) is 0 Å². The summed E-state index contributed by atoms with van der Waals surface area (Å²) >= 11 is 2.84. The molecule has 10 heteroatoms. The first-order chi connectivity index (χ1) is 9.66. The molecule has 0 radical (unpaired) electrons. The van der Waals surface area contributed by atoms with E-state index < -0.39 is 23.7 Å². The number of hydrogen-bond acceptors (Lipinski definition) is 4. The molecular weight excluding hydrogens is 359 g/mol. The molecule has 0 aliphatic rings. The van der Waals surface area contributed by atoms with Crippen LogP contribution < -0.4 is 5.32 Å². The summed E-state index contributed by atoms with van der Waals surface area (Å²) in [6, 6.07) is 0. The van der Waals surface area contributed by atoms with Gasteiger partial charge in [-0.15, -0.1) is 0 Å². The Morgan fingerprint density at radius 3 is 2.52 bits per heavy atom. The number of amides is 1. The number of rotatable bonds is 5.